The van der Waals surface area contributed by atoms with E-state index >= 15 is 0 Å². The Bertz CT molecular complexity index is 562. The number of benzene rings is 1. The van der Waals surface area contributed by atoms with Crippen LogP contribution in [0.3, 0.4) is 0 Å². The summed E-state index contributed by atoms with van der Waals surface area (Å²) >= 11 is 0. The van der Waals surface area contributed by atoms with E-state index in [9.17, 15) is 4.79 Å². The normalized spacial score (nSPS) is 12.6. The molecule has 17 heavy (non-hydrogen) atoms. The molecule has 0 aliphatic carbocycles. The Morgan fingerprint density at radius 1 is 1.53 bits per heavy atom. The minimum absolute atomic E-state index is 0.554. The first-order valence-corrected chi connectivity index (χ1v) is 5.32. The number of anilines is 1. The van der Waals surface area contributed by atoms with Crippen LogP contribution in [-0.4, -0.2) is 29.3 Å². The fourth-order valence-corrected chi connectivity index (χ4v) is 1.64. The molecular weight excluding hydrogens is 220 g/mol. The van der Waals surface area contributed by atoms with Crippen molar-refractivity contribution in [1.82, 2.24) is 5.16 Å². The van der Waals surface area contributed by atoms with Gasteiger partial charge in [0, 0.05) is 7.05 Å². The van der Waals surface area contributed by atoms with Gasteiger partial charge in [0.1, 0.15) is 6.04 Å². The van der Waals surface area contributed by atoms with Crippen LogP contribution in [-0.2, 0) is 4.79 Å². The van der Waals surface area contributed by atoms with Gasteiger partial charge in [-0.3, -0.25) is 0 Å². The summed E-state index contributed by atoms with van der Waals surface area (Å²) in [5, 5.41) is 13.7. The third-order valence-electron chi connectivity index (χ3n) is 2.88. The molecule has 0 fully saturated rings. The second-order valence-corrected chi connectivity index (χ2v) is 4.13. The highest BCUT2D eigenvalue weighted by molar-refractivity contribution is 5.91. The van der Waals surface area contributed by atoms with Crippen molar-refractivity contribution in [1.29, 1.82) is 0 Å². The predicted molar refractivity (Wildman–Crippen MR) is 64.2 cm³/mol. The zero-order valence-electron chi connectivity index (χ0n) is 9.97. The summed E-state index contributed by atoms with van der Waals surface area (Å²) in [7, 11) is 1.69. The number of hydrogen-bond acceptors (Lipinski definition) is 4. The van der Waals surface area contributed by atoms with Crippen LogP contribution in [0.4, 0.5) is 5.82 Å². The Morgan fingerprint density at radius 3 is 2.88 bits per heavy atom. The van der Waals surface area contributed by atoms with E-state index in [0.717, 1.165) is 10.9 Å². The largest absolute Gasteiger partial charge is 0.480 e. The fourth-order valence-electron chi connectivity index (χ4n) is 1.64. The topological polar surface area (TPSA) is 66.6 Å². The Morgan fingerprint density at radius 2 is 2.24 bits per heavy atom. The number of carboxylic acids is 1. The maximum atomic E-state index is 10.9. The Labute approximate surface area is 98.6 Å². The van der Waals surface area contributed by atoms with Gasteiger partial charge in [0.2, 0.25) is 0 Å². The SMILES string of the molecule is Cc1ccc2onc(N(C)C(C)C(=O)O)c2c1. The van der Waals surface area contributed by atoms with Gasteiger partial charge in [-0.05, 0) is 26.0 Å². The first kappa shape index (κ1) is 11.4. The van der Waals surface area contributed by atoms with E-state index in [4.69, 9.17) is 9.63 Å². The molecule has 2 rings (SSSR count). The summed E-state index contributed by atoms with van der Waals surface area (Å²) in [5.74, 6) is -0.338. The van der Waals surface area contributed by atoms with E-state index in [1.165, 1.54) is 0 Å². The van der Waals surface area contributed by atoms with Gasteiger partial charge >= 0.3 is 5.97 Å². The lowest BCUT2D eigenvalue weighted by Crippen LogP contribution is -2.36. The molecule has 0 bridgehead atoms. The quantitative estimate of drug-likeness (QED) is 0.880. The maximum absolute atomic E-state index is 10.9. The van der Waals surface area contributed by atoms with Crippen LogP contribution in [0.15, 0.2) is 22.7 Å². The van der Waals surface area contributed by atoms with Crippen molar-refractivity contribution in [3.05, 3.63) is 23.8 Å². The second-order valence-electron chi connectivity index (χ2n) is 4.13. The molecule has 5 nitrogen and oxygen atoms in total. The first-order chi connectivity index (χ1) is 8.00. The number of likely N-dealkylation sites (N-methyl/N-ethyl adjacent to an activating group) is 1. The molecule has 0 saturated carbocycles. The van der Waals surface area contributed by atoms with E-state index in [2.05, 4.69) is 5.16 Å². The summed E-state index contributed by atoms with van der Waals surface area (Å²) in [5.41, 5.74) is 1.74. The molecule has 0 radical (unpaired) electrons. The molecule has 5 heteroatoms. The van der Waals surface area contributed by atoms with Gasteiger partial charge in [-0.2, -0.15) is 0 Å². The van der Waals surface area contributed by atoms with Gasteiger partial charge in [0.25, 0.3) is 0 Å². The first-order valence-electron chi connectivity index (χ1n) is 5.32. The fraction of sp³-hybridized carbons (Fsp3) is 0.333. The van der Waals surface area contributed by atoms with Crippen molar-refractivity contribution in [3.63, 3.8) is 0 Å². The number of carboxylic acid groups (broad SMARTS) is 1. The maximum Gasteiger partial charge on any atom is 0.326 e. The van der Waals surface area contributed by atoms with E-state index in [0.29, 0.717) is 11.4 Å². The van der Waals surface area contributed by atoms with Gasteiger partial charge in [-0.1, -0.05) is 16.8 Å². The molecular formula is C12H14N2O3. The van der Waals surface area contributed by atoms with E-state index in [1.807, 2.05) is 25.1 Å². The van der Waals surface area contributed by atoms with Gasteiger partial charge in [0.05, 0.1) is 5.39 Å². The molecule has 1 aromatic carbocycles. The molecule has 1 aromatic heterocycles. The number of aliphatic carboxylic acids is 1. The highest BCUT2D eigenvalue weighted by Crippen LogP contribution is 2.27. The number of carbonyl (C=O) groups is 1. The molecule has 0 spiro atoms. The van der Waals surface area contributed by atoms with Crippen molar-refractivity contribution >= 4 is 22.8 Å². The van der Waals surface area contributed by atoms with Crippen LogP contribution in [0, 0.1) is 6.92 Å². The number of hydrogen-bond donors (Lipinski definition) is 1. The van der Waals surface area contributed by atoms with Crippen molar-refractivity contribution in [3.8, 4) is 0 Å². The number of rotatable bonds is 3. The average molecular weight is 234 g/mol. The Balaban J connectivity index is 2.48. The number of aryl methyl sites for hydroxylation is 1. The molecule has 90 valence electrons. The lowest BCUT2D eigenvalue weighted by molar-refractivity contribution is -0.138. The summed E-state index contributed by atoms with van der Waals surface area (Å²) in [6, 6.07) is 5.05. The van der Waals surface area contributed by atoms with Gasteiger partial charge < -0.3 is 14.5 Å². The number of fused-ring (bicyclic) bond motifs is 1. The highest BCUT2D eigenvalue weighted by atomic mass is 16.5. The van der Waals surface area contributed by atoms with Crippen molar-refractivity contribution in [2.75, 3.05) is 11.9 Å². The lowest BCUT2D eigenvalue weighted by atomic mass is 10.1. The number of nitrogens with zero attached hydrogens (tertiary/aromatic N) is 2. The summed E-state index contributed by atoms with van der Waals surface area (Å²) < 4.78 is 5.17. The predicted octanol–water partition coefficient (Wildman–Crippen LogP) is 2.05. The van der Waals surface area contributed by atoms with Gasteiger partial charge in [0.15, 0.2) is 11.4 Å². The third-order valence-corrected chi connectivity index (χ3v) is 2.88. The zero-order valence-corrected chi connectivity index (χ0v) is 9.97. The minimum Gasteiger partial charge on any atom is -0.480 e. The smallest absolute Gasteiger partial charge is 0.326 e. The van der Waals surface area contributed by atoms with E-state index in [-0.39, 0.29) is 0 Å². The highest BCUT2D eigenvalue weighted by Gasteiger charge is 2.21. The second kappa shape index (κ2) is 4.08. The van der Waals surface area contributed by atoms with Crippen molar-refractivity contribution in [2.45, 2.75) is 19.9 Å². The van der Waals surface area contributed by atoms with E-state index < -0.39 is 12.0 Å². The minimum atomic E-state index is -0.892. The number of aromatic nitrogens is 1. The van der Waals surface area contributed by atoms with Gasteiger partial charge in [-0.15, -0.1) is 0 Å². The molecule has 2 aromatic rings. The molecule has 1 N–H and O–H groups in total. The molecule has 1 atom stereocenters. The average Bonchev–Trinajstić information content (AvgIpc) is 2.69. The molecule has 0 aliphatic rings. The monoisotopic (exact) mass is 234 g/mol. The third kappa shape index (κ3) is 1.95. The standard InChI is InChI=1S/C12H14N2O3/c1-7-4-5-10-9(6-7)11(13-17-10)14(3)8(2)12(15)16/h4-6,8H,1-3H3,(H,15,16). The van der Waals surface area contributed by atoms with Gasteiger partial charge in [-0.25, -0.2) is 4.79 Å². The Hall–Kier alpha value is -2.04. The van der Waals surface area contributed by atoms with Crippen LogP contribution >= 0.6 is 0 Å². The summed E-state index contributed by atoms with van der Waals surface area (Å²) in [6.45, 7) is 3.58. The molecule has 1 unspecified atom stereocenters. The van der Waals surface area contributed by atoms with Crippen LogP contribution in [0.5, 0.6) is 0 Å². The zero-order chi connectivity index (χ0) is 12.6. The van der Waals surface area contributed by atoms with E-state index in [1.54, 1.807) is 18.9 Å². The van der Waals surface area contributed by atoms with Crippen LogP contribution in [0.2, 0.25) is 0 Å². The van der Waals surface area contributed by atoms with Crippen molar-refractivity contribution < 1.29 is 14.4 Å². The molecule has 0 aliphatic heterocycles. The summed E-state index contributed by atoms with van der Waals surface area (Å²) in [6.07, 6.45) is 0. The molecule has 0 saturated heterocycles. The summed E-state index contributed by atoms with van der Waals surface area (Å²) in [4.78, 5) is 12.5. The van der Waals surface area contributed by atoms with Crippen LogP contribution in [0.1, 0.15) is 12.5 Å². The Kier molecular flexibility index (Phi) is 2.75. The molecule has 1 heterocycles. The van der Waals surface area contributed by atoms with Crippen molar-refractivity contribution in [2.24, 2.45) is 0 Å². The van der Waals surface area contributed by atoms with Crippen LogP contribution in [0.25, 0.3) is 11.0 Å². The van der Waals surface area contributed by atoms with Crippen LogP contribution < -0.4 is 4.90 Å². The molecule has 0 amide bonds. The lowest BCUT2D eigenvalue weighted by Gasteiger charge is -2.20.